The van der Waals surface area contributed by atoms with Crippen LogP contribution >= 0.6 is 0 Å². The Hall–Kier alpha value is -3.89. The number of likely N-dealkylation sites (N-methyl/N-ethyl adjacent to an activating group) is 1. The van der Waals surface area contributed by atoms with Crippen LogP contribution in [0.5, 0.6) is 0 Å². The quantitative estimate of drug-likeness (QED) is 0.293. The number of nitrogens with one attached hydrogen (secondary N) is 3. The van der Waals surface area contributed by atoms with Crippen molar-refractivity contribution in [3.8, 4) is 0 Å². The molecule has 2 atom stereocenters. The predicted molar refractivity (Wildman–Crippen MR) is 156 cm³/mol. The van der Waals surface area contributed by atoms with Gasteiger partial charge in [-0.05, 0) is 86.0 Å². The summed E-state index contributed by atoms with van der Waals surface area (Å²) in [5, 5.41) is 20.3. The van der Waals surface area contributed by atoms with E-state index < -0.39 is 11.3 Å². The van der Waals surface area contributed by atoms with Gasteiger partial charge in [-0.1, -0.05) is 19.1 Å². The van der Waals surface area contributed by atoms with Crippen molar-refractivity contribution in [1.82, 2.24) is 25.2 Å². The molecular weight excluding hydrogens is 521 g/mol. The third kappa shape index (κ3) is 5.06. The molecule has 1 aromatic carbocycles. The number of halogens is 1. The number of anilines is 4. The third-order valence-electron chi connectivity index (χ3n) is 8.49. The Morgan fingerprint density at radius 3 is 2.80 bits per heavy atom. The molecule has 1 amide bonds. The van der Waals surface area contributed by atoms with E-state index in [1.54, 1.807) is 6.08 Å². The Morgan fingerprint density at radius 2 is 2.00 bits per heavy atom. The van der Waals surface area contributed by atoms with Crippen LogP contribution in [0.4, 0.5) is 27.7 Å². The van der Waals surface area contributed by atoms with Crippen LogP contribution < -0.4 is 16.0 Å². The first-order chi connectivity index (χ1) is 19.7. The maximum Gasteiger partial charge on any atom is 0.256 e. The molecule has 0 fully saturated rings. The van der Waals surface area contributed by atoms with Crippen molar-refractivity contribution in [2.24, 2.45) is 0 Å². The van der Waals surface area contributed by atoms with Gasteiger partial charge >= 0.3 is 0 Å². The Morgan fingerprint density at radius 1 is 1.17 bits per heavy atom. The van der Waals surface area contributed by atoms with Crippen LogP contribution in [0.1, 0.15) is 70.9 Å². The van der Waals surface area contributed by atoms with Crippen LogP contribution in [0.15, 0.2) is 43.1 Å². The first-order valence-electron chi connectivity index (χ1n) is 14.3. The van der Waals surface area contributed by atoms with Crippen molar-refractivity contribution in [2.75, 3.05) is 30.8 Å². The number of aromatic nitrogens is 3. The van der Waals surface area contributed by atoms with Crippen LogP contribution in [0.25, 0.3) is 0 Å². The van der Waals surface area contributed by atoms with Gasteiger partial charge in [-0.2, -0.15) is 4.98 Å². The van der Waals surface area contributed by atoms with E-state index in [1.165, 1.54) is 6.20 Å². The molecule has 0 bridgehead atoms. The average Bonchev–Trinajstić information content (AvgIpc) is 3.27. The number of carbonyl (C=O) groups excluding carboxylic acids is 1. The lowest BCUT2D eigenvalue weighted by atomic mass is 9.75. The highest BCUT2D eigenvalue weighted by Gasteiger charge is 2.42. The molecule has 214 valence electrons. The van der Waals surface area contributed by atoms with E-state index >= 15 is 4.39 Å². The first kappa shape index (κ1) is 27.3. The first-order valence-corrected chi connectivity index (χ1v) is 14.3. The molecule has 0 spiro atoms. The minimum Gasteiger partial charge on any atom is -0.384 e. The van der Waals surface area contributed by atoms with Gasteiger partial charge in [0.1, 0.15) is 28.5 Å². The molecular formula is C31H36FN7O2. The standard InChI is InChI=1S/C31H36FN7O2/c1-4-13-33-28(40)23-16-34-29(38-27(23)37-24-9-8-19-10-12-31(41,5-2)26(19)36-24)35-22-14-20-7-6-11-30(32)18-39(3)17-21(15-22)25(20)30/h4,8-9,14-16,41H,1,5-7,10-13,17-18H2,2-3H3,(H,33,40)(H2,34,35,36,37,38)/t30?,31-/m0/s1. The number of carbonyl (C=O) groups is 1. The van der Waals surface area contributed by atoms with Gasteiger partial charge in [-0.15, -0.1) is 6.58 Å². The largest absolute Gasteiger partial charge is 0.384 e. The van der Waals surface area contributed by atoms with Crippen molar-refractivity contribution in [2.45, 2.75) is 63.3 Å². The lowest BCUT2D eigenvalue weighted by Crippen LogP contribution is -2.43. The molecule has 10 heteroatoms. The summed E-state index contributed by atoms with van der Waals surface area (Å²) in [6.07, 6.45) is 7.22. The van der Waals surface area contributed by atoms with Gasteiger partial charge in [0.2, 0.25) is 5.95 Å². The number of alkyl halides is 1. The fourth-order valence-electron chi connectivity index (χ4n) is 6.53. The van der Waals surface area contributed by atoms with Gasteiger partial charge in [0.05, 0.1) is 5.69 Å². The molecule has 0 saturated heterocycles. The lowest BCUT2D eigenvalue weighted by molar-refractivity contribution is 0.0307. The van der Waals surface area contributed by atoms with Crippen molar-refractivity contribution < 1.29 is 14.3 Å². The molecule has 0 saturated carbocycles. The van der Waals surface area contributed by atoms with E-state index in [0.717, 1.165) is 47.2 Å². The van der Waals surface area contributed by atoms with Gasteiger partial charge < -0.3 is 21.1 Å². The SMILES string of the molecule is C=CCNC(=O)c1cnc(Nc2cc3c4c(c2)CN(C)CC4(F)CCC3)nc1Nc1ccc2c(n1)[C@](O)(CC)CC2. The summed E-state index contributed by atoms with van der Waals surface area (Å²) < 4.78 is 15.9. The maximum absolute atomic E-state index is 15.9. The molecule has 4 N–H and O–H groups in total. The normalized spacial score (nSPS) is 22.9. The van der Waals surface area contributed by atoms with Crippen molar-refractivity contribution in [3.05, 3.63) is 76.6 Å². The Balaban J connectivity index is 1.34. The third-order valence-corrected chi connectivity index (χ3v) is 8.49. The van der Waals surface area contributed by atoms with E-state index in [0.29, 0.717) is 50.4 Å². The number of hydrogen-bond donors (Lipinski definition) is 4. The summed E-state index contributed by atoms with van der Waals surface area (Å²) in [5.74, 6) is 0.681. The minimum atomic E-state index is -1.31. The van der Waals surface area contributed by atoms with Crippen molar-refractivity contribution >= 4 is 29.2 Å². The molecule has 41 heavy (non-hydrogen) atoms. The molecule has 9 nitrogen and oxygen atoms in total. The summed E-state index contributed by atoms with van der Waals surface area (Å²) in [7, 11) is 1.95. The van der Waals surface area contributed by atoms with Gasteiger partial charge in [0.25, 0.3) is 5.91 Å². The van der Waals surface area contributed by atoms with E-state index in [-0.39, 0.29) is 23.2 Å². The van der Waals surface area contributed by atoms with Crippen LogP contribution in [-0.2, 0) is 30.7 Å². The van der Waals surface area contributed by atoms with Crippen molar-refractivity contribution in [3.63, 3.8) is 0 Å². The number of hydrogen-bond acceptors (Lipinski definition) is 8. The predicted octanol–water partition coefficient (Wildman–Crippen LogP) is 4.76. The second-order valence-corrected chi connectivity index (χ2v) is 11.5. The van der Waals surface area contributed by atoms with E-state index in [9.17, 15) is 9.90 Å². The molecule has 6 rings (SSSR count). The lowest BCUT2D eigenvalue weighted by Gasteiger charge is -2.41. The Kier molecular flexibility index (Phi) is 6.99. The van der Waals surface area contributed by atoms with Crippen LogP contribution in [0.2, 0.25) is 0 Å². The van der Waals surface area contributed by atoms with E-state index in [1.807, 2.05) is 43.1 Å². The number of aryl methyl sites for hydroxylation is 2. The molecule has 2 aliphatic carbocycles. The smallest absolute Gasteiger partial charge is 0.256 e. The highest BCUT2D eigenvalue weighted by molar-refractivity contribution is 5.99. The zero-order valence-corrected chi connectivity index (χ0v) is 23.6. The summed E-state index contributed by atoms with van der Waals surface area (Å²) in [6, 6.07) is 7.75. The fourth-order valence-corrected chi connectivity index (χ4v) is 6.53. The summed E-state index contributed by atoms with van der Waals surface area (Å²) in [5.41, 5.74) is 3.27. The zero-order valence-electron chi connectivity index (χ0n) is 23.6. The molecule has 3 heterocycles. The van der Waals surface area contributed by atoms with Crippen LogP contribution in [0.3, 0.4) is 0 Å². The summed E-state index contributed by atoms with van der Waals surface area (Å²) in [4.78, 5) is 28.8. The molecule has 2 aromatic heterocycles. The molecule has 1 unspecified atom stereocenters. The molecule has 3 aromatic rings. The van der Waals surface area contributed by atoms with Gasteiger partial charge in [0.15, 0.2) is 0 Å². The molecule has 0 radical (unpaired) electrons. The van der Waals surface area contributed by atoms with Gasteiger partial charge in [0, 0.05) is 31.5 Å². The second kappa shape index (κ2) is 10.5. The average molecular weight is 558 g/mol. The highest BCUT2D eigenvalue weighted by atomic mass is 19.1. The minimum absolute atomic E-state index is 0.245. The van der Waals surface area contributed by atoms with E-state index in [4.69, 9.17) is 4.98 Å². The van der Waals surface area contributed by atoms with E-state index in [2.05, 4.69) is 32.5 Å². The van der Waals surface area contributed by atoms with Crippen LogP contribution in [-0.4, -0.2) is 51.0 Å². The number of aliphatic hydroxyl groups is 1. The summed E-state index contributed by atoms with van der Waals surface area (Å²) >= 11 is 0. The number of benzene rings is 1. The number of nitrogens with zero attached hydrogens (tertiary/aromatic N) is 4. The fraction of sp³-hybridized carbons (Fsp3) is 0.419. The van der Waals surface area contributed by atoms with Crippen molar-refractivity contribution in [1.29, 1.82) is 0 Å². The molecule has 1 aliphatic heterocycles. The number of amides is 1. The van der Waals surface area contributed by atoms with Gasteiger partial charge in [-0.3, -0.25) is 9.69 Å². The highest BCUT2D eigenvalue weighted by Crippen LogP contribution is 2.45. The second-order valence-electron chi connectivity index (χ2n) is 11.5. The topological polar surface area (TPSA) is 115 Å². The van der Waals surface area contributed by atoms with Crippen LogP contribution in [0, 0.1) is 0 Å². The number of rotatable bonds is 8. The van der Waals surface area contributed by atoms with Gasteiger partial charge in [-0.25, -0.2) is 14.4 Å². The maximum atomic E-state index is 15.9. The number of pyridine rings is 1. The zero-order chi connectivity index (χ0) is 28.8. The number of fused-ring (bicyclic) bond motifs is 1. The molecule has 3 aliphatic rings. The Bertz CT molecular complexity index is 1530. The summed E-state index contributed by atoms with van der Waals surface area (Å²) in [6.45, 7) is 6.99. The monoisotopic (exact) mass is 557 g/mol. The Labute approximate surface area is 239 Å².